The monoisotopic (exact) mass is 478 g/mol. The molecule has 0 aliphatic carbocycles. The van der Waals surface area contributed by atoms with E-state index in [1.165, 1.54) is 12.1 Å². The maximum atomic E-state index is 14.0. The molecule has 0 unspecified atom stereocenters. The van der Waals surface area contributed by atoms with Gasteiger partial charge in [0, 0.05) is 35.8 Å². The molecule has 0 spiro atoms. The number of aryl methyl sites for hydroxylation is 1. The molecule has 0 saturated carbocycles. The molecular formula is C29H27FN6. The van der Waals surface area contributed by atoms with E-state index in [1.54, 1.807) is 12.1 Å². The van der Waals surface area contributed by atoms with E-state index in [1.807, 2.05) is 63.8 Å². The fraction of sp³-hybridized carbons (Fsp3) is 0.138. The van der Waals surface area contributed by atoms with Crippen LogP contribution in [-0.2, 0) is 6.54 Å². The molecule has 0 aliphatic heterocycles. The van der Waals surface area contributed by atoms with Crippen LogP contribution in [0, 0.1) is 12.7 Å². The van der Waals surface area contributed by atoms with E-state index in [0.29, 0.717) is 0 Å². The molecule has 0 atom stereocenters. The molecule has 0 amide bonds. The second kappa shape index (κ2) is 9.71. The van der Waals surface area contributed by atoms with Gasteiger partial charge in [0.15, 0.2) is 0 Å². The van der Waals surface area contributed by atoms with Crippen LogP contribution >= 0.6 is 0 Å². The summed E-state index contributed by atoms with van der Waals surface area (Å²) < 4.78 is 14.0. The summed E-state index contributed by atoms with van der Waals surface area (Å²) in [7, 11) is 4.07. The van der Waals surface area contributed by atoms with Crippen molar-refractivity contribution >= 4 is 16.6 Å². The highest BCUT2D eigenvalue weighted by atomic mass is 19.1. The van der Waals surface area contributed by atoms with Gasteiger partial charge in [0.1, 0.15) is 17.0 Å². The third-order valence-corrected chi connectivity index (χ3v) is 5.98. The first-order valence-electron chi connectivity index (χ1n) is 11.7. The summed E-state index contributed by atoms with van der Waals surface area (Å²) in [5.41, 5.74) is 9.59. The van der Waals surface area contributed by atoms with Crippen molar-refractivity contribution in [2.75, 3.05) is 14.1 Å². The number of rotatable bonds is 7. The lowest BCUT2D eigenvalue weighted by Crippen LogP contribution is -2.10. The largest absolute Gasteiger partial charge is 0.357 e. The average Bonchev–Trinajstić information content (AvgIpc) is 3.45. The van der Waals surface area contributed by atoms with Crippen LogP contribution in [0.4, 0.5) is 4.39 Å². The van der Waals surface area contributed by atoms with Crippen molar-refractivity contribution in [2.24, 2.45) is 0 Å². The molecule has 2 N–H and O–H groups in total. The van der Waals surface area contributed by atoms with Gasteiger partial charge in [-0.1, -0.05) is 30.9 Å². The first-order chi connectivity index (χ1) is 17.4. The van der Waals surface area contributed by atoms with Gasteiger partial charge in [0.25, 0.3) is 0 Å². The zero-order valence-corrected chi connectivity index (χ0v) is 20.5. The highest BCUT2D eigenvalue weighted by molar-refractivity contribution is 5.92. The van der Waals surface area contributed by atoms with Crippen LogP contribution in [0.3, 0.4) is 0 Å². The first-order valence-corrected chi connectivity index (χ1v) is 11.7. The Morgan fingerprint density at radius 3 is 2.75 bits per heavy atom. The number of fused-ring (bicyclic) bond motifs is 1. The molecule has 0 fully saturated rings. The van der Waals surface area contributed by atoms with Gasteiger partial charge in [-0.2, -0.15) is 5.10 Å². The second-order valence-corrected chi connectivity index (χ2v) is 9.03. The molecule has 4 heterocycles. The molecular weight excluding hydrogens is 451 g/mol. The molecule has 7 heteroatoms. The SMILES string of the molecule is C=C/C=C(/c1cccc(F)c1)c1cc(-c2n[nH]c3ccc(-c4cncc(CN(C)C)c4)nc23)[nH]c1C. The summed E-state index contributed by atoms with van der Waals surface area (Å²) in [5, 5.41) is 7.65. The van der Waals surface area contributed by atoms with E-state index in [-0.39, 0.29) is 5.82 Å². The van der Waals surface area contributed by atoms with Crippen molar-refractivity contribution in [3.8, 4) is 22.6 Å². The Hall–Kier alpha value is -4.36. The minimum Gasteiger partial charge on any atom is -0.357 e. The lowest BCUT2D eigenvalue weighted by molar-refractivity contribution is 0.402. The summed E-state index contributed by atoms with van der Waals surface area (Å²) in [6.45, 7) is 6.64. The number of nitrogens with zero attached hydrogens (tertiary/aromatic N) is 4. The molecule has 0 aliphatic rings. The summed E-state index contributed by atoms with van der Waals surface area (Å²) in [4.78, 5) is 14.9. The Labute approximate surface area is 209 Å². The molecule has 180 valence electrons. The maximum absolute atomic E-state index is 14.0. The lowest BCUT2D eigenvalue weighted by atomic mass is 9.97. The van der Waals surface area contributed by atoms with Crippen LogP contribution in [-0.4, -0.2) is 44.1 Å². The Morgan fingerprint density at radius 1 is 1.11 bits per heavy atom. The van der Waals surface area contributed by atoms with E-state index in [0.717, 1.165) is 68.2 Å². The fourth-order valence-corrected chi connectivity index (χ4v) is 4.41. The highest BCUT2D eigenvalue weighted by Gasteiger charge is 2.17. The van der Waals surface area contributed by atoms with Crippen LogP contribution in [0.15, 0.2) is 79.7 Å². The van der Waals surface area contributed by atoms with Gasteiger partial charge in [-0.05, 0) is 74.1 Å². The predicted octanol–water partition coefficient (Wildman–Crippen LogP) is 6.14. The van der Waals surface area contributed by atoms with E-state index in [2.05, 4.69) is 37.7 Å². The van der Waals surface area contributed by atoms with Crippen molar-refractivity contribution in [1.29, 1.82) is 0 Å². The number of aromatic nitrogens is 5. The molecule has 5 aromatic rings. The van der Waals surface area contributed by atoms with Gasteiger partial charge < -0.3 is 9.88 Å². The topological polar surface area (TPSA) is 73.5 Å². The molecule has 0 saturated heterocycles. The smallest absolute Gasteiger partial charge is 0.135 e. The lowest BCUT2D eigenvalue weighted by Gasteiger charge is -2.10. The third-order valence-electron chi connectivity index (χ3n) is 5.98. The number of benzene rings is 1. The van der Waals surface area contributed by atoms with E-state index in [4.69, 9.17) is 4.98 Å². The van der Waals surface area contributed by atoms with Crippen molar-refractivity contribution in [3.05, 3.63) is 108 Å². The number of pyridine rings is 2. The first kappa shape index (κ1) is 23.4. The number of aromatic amines is 2. The Morgan fingerprint density at radius 2 is 1.97 bits per heavy atom. The molecule has 5 rings (SSSR count). The van der Waals surface area contributed by atoms with Gasteiger partial charge >= 0.3 is 0 Å². The van der Waals surface area contributed by atoms with Gasteiger partial charge in [0.05, 0.1) is 16.9 Å². The Kier molecular flexibility index (Phi) is 6.31. The van der Waals surface area contributed by atoms with E-state index in [9.17, 15) is 4.39 Å². The molecule has 0 radical (unpaired) electrons. The summed E-state index contributed by atoms with van der Waals surface area (Å²) in [6, 6.07) is 14.7. The average molecular weight is 479 g/mol. The highest BCUT2D eigenvalue weighted by Crippen LogP contribution is 2.33. The summed E-state index contributed by atoms with van der Waals surface area (Å²) >= 11 is 0. The quantitative estimate of drug-likeness (QED) is 0.276. The summed E-state index contributed by atoms with van der Waals surface area (Å²) in [5.74, 6) is -0.282. The minimum absolute atomic E-state index is 0.282. The number of hydrogen-bond donors (Lipinski definition) is 2. The molecule has 1 aromatic carbocycles. The van der Waals surface area contributed by atoms with Crippen LogP contribution in [0.1, 0.15) is 22.4 Å². The maximum Gasteiger partial charge on any atom is 0.135 e. The number of H-pyrrole nitrogens is 2. The van der Waals surface area contributed by atoms with Crippen molar-refractivity contribution in [3.63, 3.8) is 0 Å². The zero-order chi connectivity index (χ0) is 25.2. The van der Waals surface area contributed by atoms with Gasteiger partial charge in [-0.3, -0.25) is 10.1 Å². The third kappa shape index (κ3) is 4.61. The van der Waals surface area contributed by atoms with Gasteiger partial charge in [-0.25, -0.2) is 9.37 Å². The van der Waals surface area contributed by atoms with E-state index >= 15 is 0 Å². The fourth-order valence-electron chi connectivity index (χ4n) is 4.41. The minimum atomic E-state index is -0.282. The normalized spacial score (nSPS) is 12.0. The van der Waals surface area contributed by atoms with Crippen molar-refractivity contribution in [1.82, 2.24) is 30.0 Å². The zero-order valence-electron chi connectivity index (χ0n) is 20.5. The van der Waals surface area contributed by atoms with Gasteiger partial charge in [-0.15, -0.1) is 0 Å². The molecule has 4 aromatic heterocycles. The summed E-state index contributed by atoms with van der Waals surface area (Å²) in [6.07, 6.45) is 7.31. The van der Waals surface area contributed by atoms with Crippen LogP contribution in [0.5, 0.6) is 0 Å². The van der Waals surface area contributed by atoms with Crippen LogP contribution < -0.4 is 0 Å². The van der Waals surface area contributed by atoms with Crippen LogP contribution in [0.25, 0.3) is 39.3 Å². The second-order valence-electron chi connectivity index (χ2n) is 9.03. The Balaban J connectivity index is 1.57. The molecule has 0 bridgehead atoms. The number of nitrogens with one attached hydrogen (secondary N) is 2. The van der Waals surface area contributed by atoms with E-state index < -0.39 is 0 Å². The number of hydrogen-bond acceptors (Lipinski definition) is 4. The number of allylic oxidation sites excluding steroid dienone is 2. The number of halogens is 1. The van der Waals surface area contributed by atoms with Crippen molar-refractivity contribution in [2.45, 2.75) is 13.5 Å². The van der Waals surface area contributed by atoms with Crippen LogP contribution in [0.2, 0.25) is 0 Å². The molecule has 6 nitrogen and oxygen atoms in total. The van der Waals surface area contributed by atoms with Gasteiger partial charge in [0.2, 0.25) is 0 Å². The Bertz CT molecular complexity index is 1590. The standard InChI is InChI=1S/C29H27FN6/c1-5-7-23(20-8-6-9-22(30)13-20)24-14-27(32-18(24)2)29-28-26(34-35-29)11-10-25(33-28)21-12-19(15-31-16-21)17-36(3)4/h5-16,32H,1,17H2,2-4H3,(H,34,35)/b23-7-. The predicted molar refractivity (Wildman–Crippen MR) is 143 cm³/mol. The molecule has 36 heavy (non-hydrogen) atoms. The van der Waals surface area contributed by atoms with Crippen molar-refractivity contribution < 1.29 is 4.39 Å².